The van der Waals surface area contributed by atoms with Crippen molar-refractivity contribution in [2.45, 2.75) is 13.0 Å². The van der Waals surface area contributed by atoms with E-state index in [4.69, 9.17) is 11.6 Å². The van der Waals surface area contributed by atoms with Crippen molar-refractivity contribution in [3.8, 4) is 0 Å². The zero-order chi connectivity index (χ0) is 20.5. The van der Waals surface area contributed by atoms with E-state index in [1.54, 1.807) is 37.3 Å². The van der Waals surface area contributed by atoms with Gasteiger partial charge in [0.05, 0.1) is 11.6 Å². The highest BCUT2D eigenvalue weighted by Gasteiger charge is 2.47. The Labute approximate surface area is 172 Å². The van der Waals surface area contributed by atoms with Crippen molar-refractivity contribution in [3.63, 3.8) is 0 Å². The Bertz CT molecular complexity index is 1130. The number of benzene rings is 2. The van der Waals surface area contributed by atoms with Gasteiger partial charge in [-0.25, -0.2) is 0 Å². The topological polar surface area (TPSA) is 70.5 Å². The lowest BCUT2D eigenvalue weighted by Crippen LogP contribution is -2.30. The van der Waals surface area contributed by atoms with Gasteiger partial charge in [0.15, 0.2) is 0 Å². The fourth-order valence-corrected chi connectivity index (χ4v) is 3.72. The summed E-state index contributed by atoms with van der Waals surface area (Å²) in [7, 11) is 0. The standard InChI is InChI=1S/C23H17ClN2O3/c1-14-17(24)8-5-9-18(14)26-20(15-6-3-2-4-7-15)19(22(28)23(26)29)21(27)16-10-12-25-13-11-16/h2-13,20,27H,1H3/b21-19+. The van der Waals surface area contributed by atoms with Crippen molar-refractivity contribution in [2.75, 3.05) is 4.90 Å². The van der Waals surface area contributed by atoms with E-state index in [-0.39, 0.29) is 11.3 Å². The second-order valence-corrected chi connectivity index (χ2v) is 7.11. The molecule has 144 valence electrons. The first-order valence-corrected chi connectivity index (χ1v) is 9.40. The molecule has 1 aromatic heterocycles. The van der Waals surface area contributed by atoms with Crippen molar-refractivity contribution in [3.05, 3.63) is 100 Å². The smallest absolute Gasteiger partial charge is 0.300 e. The fourth-order valence-electron chi connectivity index (χ4n) is 3.55. The molecule has 1 N–H and O–H groups in total. The lowest BCUT2D eigenvalue weighted by atomic mass is 9.95. The third-order valence-corrected chi connectivity index (χ3v) is 5.42. The molecule has 2 aromatic carbocycles. The number of Topliss-reactive ketones (excluding diaryl/α,β-unsaturated/α-hetero) is 1. The number of aromatic nitrogens is 1. The largest absolute Gasteiger partial charge is 0.507 e. The summed E-state index contributed by atoms with van der Waals surface area (Å²) in [6, 6.07) is 16.8. The molecule has 6 heteroatoms. The zero-order valence-corrected chi connectivity index (χ0v) is 16.3. The van der Waals surface area contributed by atoms with Gasteiger partial charge in [0.2, 0.25) is 0 Å². The Morgan fingerprint density at radius 1 is 1.00 bits per heavy atom. The summed E-state index contributed by atoms with van der Waals surface area (Å²) in [5.74, 6) is -1.69. The van der Waals surface area contributed by atoms with E-state index in [9.17, 15) is 14.7 Å². The molecule has 1 unspecified atom stereocenters. The molecule has 1 aliphatic heterocycles. The Hall–Kier alpha value is -3.44. The molecule has 5 nitrogen and oxygen atoms in total. The number of ketones is 1. The van der Waals surface area contributed by atoms with Crippen LogP contribution < -0.4 is 4.90 Å². The highest BCUT2D eigenvalue weighted by molar-refractivity contribution is 6.52. The summed E-state index contributed by atoms with van der Waals surface area (Å²) in [4.78, 5) is 31.4. The minimum absolute atomic E-state index is 0.0341. The van der Waals surface area contributed by atoms with Crippen LogP contribution in [0.3, 0.4) is 0 Å². The van der Waals surface area contributed by atoms with Crippen LogP contribution in [-0.4, -0.2) is 21.8 Å². The number of hydrogen-bond donors (Lipinski definition) is 1. The highest BCUT2D eigenvalue weighted by Crippen LogP contribution is 2.43. The molecule has 1 saturated heterocycles. The second-order valence-electron chi connectivity index (χ2n) is 6.70. The summed E-state index contributed by atoms with van der Waals surface area (Å²) in [5, 5.41) is 11.4. The molecule has 0 saturated carbocycles. The van der Waals surface area contributed by atoms with Gasteiger partial charge in [-0.2, -0.15) is 0 Å². The fraction of sp³-hybridized carbons (Fsp3) is 0.0870. The van der Waals surface area contributed by atoms with Gasteiger partial charge >= 0.3 is 0 Å². The van der Waals surface area contributed by atoms with E-state index in [2.05, 4.69) is 4.98 Å². The van der Waals surface area contributed by atoms with Gasteiger partial charge in [-0.05, 0) is 42.3 Å². The lowest BCUT2D eigenvalue weighted by molar-refractivity contribution is -0.132. The SMILES string of the molecule is Cc1c(Cl)cccc1N1C(=O)C(=O)/C(=C(/O)c2ccncc2)C1c1ccccc1. The van der Waals surface area contributed by atoms with Gasteiger partial charge in [-0.1, -0.05) is 48.0 Å². The number of pyridine rings is 1. The predicted octanol–water partition coefficient (Wildman–Crippen LogP) is 4.67. The van der Waals surface area contributed by atoms with Crippen LogP contribution in [0.1, 0.15) is 22.7 Å². The average Bonchev–Trinajstić information content (AvgIpc) is 3.01. The number of amides is 1. The minimum Gasteiger partial charge on any atom is -0.507 e. The summed E-state index contributed by atoms with van der Waals surface area (Å²) < 4.78 is 0. The molecular weight excluding hydrogens is 388 g/mol. The maximum Gasteiger partial charge on any atom is 0.300 e. The van der Waals surface area contributed by atoms with Crippen LogP contribution in [0, 0.1) is 6.92 Å². The monoisotopic (exact) mass is 404 g/mol. The van der Waals surface area contributed by atoms with Gasteiger partial charge in [0, 0.05) is 28.7 Å². The second kappa shape index (κ2) is 7.53. The highest BCUT2D eigenvalue weighted by atomic mass is 35.5. The summed E-state index contributed by atoms with van der Waals surface area (Å²) in [6.07, 6.45) is 3.04. The van der Waals surface area contributed by atoms with Crippen molar-refractivity contribution >= 4 is 34.7 Å². The predicted molar refractivity (Wildman–Crippen MR) is 112 cm³/mol. The third-order valence-electron chi connectivity index (χ3n) is 5.01. The van der Waals surface area contributed by atoms with E-state index in [1.165, 1.54) is 17.3 Å². The molecule has 2 heterocycles. The number of aliphatic hydroxyl groups excluding tert-OH is 1. The van der Waals surface area contributed by atoms with Crippen LogP contribution in [0.4, 0.5) is 5.69 Å². The van der Waals surface area contributed by atoms with Crippen molar-refractivity contribution in [1.82, 2.24) is 4.98 Å². The van der Waals surface area contributed by atoms with E-state index in [0.29, 0.717) is 27.4 Å². The minimum atomic E-state index is -0.776. The van der Waals surface area contributed by atoms with Crippen molar-refractivity contribution in [1.29, 1.82) is 0 Å². The first kappa shape index (κ1) is 18.9. The van der Waals surface area contributed by atoms with Crippen LogP contribution in [0.2, 0.25) is 5.02 Å². The summed E-state index contributed by atoms with van der Waals surface area (Å²) in [6.45, 7) is 1.79. The van der Waals surface area contributed by atoms with Gasteiger partial charge < -0.3 is 5.11 Å². The van der Waals surface area contributed by atoms with Crippen LogP contribution >= 0.6 is 11.6 Å². The molecule has 1 fully saturated rings. The third kappa shape index (κ3) is 3.19. The Morgan fingerprint density at radius 3 is 2.38 bits per heavy atom. The molecule has 0 aliphatic carbocycles. The quantitative estimate of drug-likeness (QED) is 0.391. The number of halogens is 1. The number of hydrogen-bond acceptors (Lipinski definition) is 4. The molecule has 1 atom stereocenters. The lowest BCUT2D eigenvalue weighted by Gasteiger charge is -2.27. The zero-order valence-electron chi connectivity index (χ0n) is 15.5. The molecule has 1 amide bonds. The molecule has 1 aliphatic rings. The van der Waals surface area contributed by atoms with Crippen molar-refractivity contribution < 1.29 is 14.7 Å². The Balaban J connectivity index is 1.98. The number of rotatable bonds is 3. The van der Waals surface area contributed by atoms with Crippen LogP contribution in [0.5, 0.6) is 0 Å². The maximum absolute atomic E-state index is 13.1. The molecule has 3 aromatic rings. The van der Waals surface area contributed by atoms with E-state index >= 15 is 0 Å². The number of carbonyl (C=O) groups is 2. The van der Waals surface area contributed by atoms with Gasteiger partial charge in [-0.15, -0.1) is 0 Å². The first-order chi connectivity index (χ1) is 14.0. The molecule has 0 bridgehead atoms. The summed E-state index contributed by atoms with van der Waals surface area (Å²) in [5.41, 5.74) is 2.37. The number of carbonyl (C=O) groups excluding carboxylic acids is 2. The molecule has 4 rings (SSSR count). The van der Waals surface area contributed by atoms with Crippen LogP contribution in [0.15, 0.2) is 78.6 Å². The van der Waals surface area contributed by atoms with E-state index in [1.807, 2.05) is 30.3 Å². The van der Waals surface area contributed by atoms with Gasteiger partial charge in [0.25, 0.3) is 11.7 Å². The van der Waals surface area contributed by atoms with Gasteiger partial charge in [-0.3, -0.25) is 19.5 Å². The molecular formula is C23H17ClN2O3. The molecule has 0 spiro atoms. The molecule has 0 radical (unpaired) electrons. The molecule has 29 heavy (non-hydrogen) atoms. The first-order valence-electron chi connectivity index (χ1n) is 9.02. The number of nitrogens with zero attached hydrogens (tertiary/aromatic N) is 2. The van der Waals surface area contributed by atoms with E-state index in [0.717, 1.165) is 0 Å². The Morgan fingerprint density at radius 2 is 1.69 bits per heavy atom. The van der Waals surface area contributed by atoms with Gasteiger partial charge in [0.1, 0.15) is 5.76 Å². The van der Waals surface area contributed by atoms with Crippen LogP contribution in [0.25, 0.3) is 5.76 Å². The maximum atomic E-state index is 13.1. The summed E-state index contributed by atoms with van der Waals surface area (Å²) >= 11 is 6.27. The Kier molecular flexibility index (Phi) is 4.91. The van der Waals surface area contributed by atoms with Crippen molar-refractivity contribution in [2.24, 2.45) is 0 Å². The number of aliphatic hydroxyl groups is 1. The van der Waals surface area contributed by atoms with E-state index < -0.39 is 17.7 Å². The number of anilines is 1. The average molecular weight is 405 g/mol. The van der Waals surface area contributed by atoms with Crippen LogP contribution in [-0.2, 0) is 9.59 Å². The normalized spacial score (nSPS) is 18.3.